The van der Waals surface area contributed by atoms with Crippen LogP contribution in [0.1, 0.15) is 45.1 Å². The fourth-order valence-electron chi connectivity index (χ4n) is 4.19. The van der Waals surface area contributed by atoms with Gasteiger partial charge in [0, 0.05) is 11.0 Å². The van der Waals surface area contributed by atoms with Gasteiger partial charge in [-0.1, -0.05) is 31.5 Å². The van der Waals surface area contributed by atoms with Crippen LogP contribution in [0.2, 0.25) is 0 Å². The van der Waals surface area contributed by atoms with Gasteiger partial charge in [0.1, 0.15) is 5.75 Å². The third-order valence-electron chi connectivity index (χ3n) is 5.52. The molecule has 126 valence electrons. The van der Waals surface area contributed by atoms with Crippen molar-refractivity contribution in [2.24, 2.45) is 11.3 Å². The Morgan fingerprint density at radius 3 is 2.43 bits per heavy atom. The number of carbonyl (C=O) groups is 2. The number of benzene rings is 1. The normalized spacial score (nSPS) is 30.7. The molecule has 1 fully saturated rings. The van der Waals surface area contributed by atoms with Gasteiger partial charge < -0.3 is 14.9 Å². The summed E-state index contributed by atoms with van der Waals surface area (Å²) in [5.41, 5.74) is -0.733. The molecule has 0 aliphatic heterocycles. The van der Waals surface area contributed by atoms with Crippen molar-refractivity contribution >= 4 is 11.9 Å². The Bertz CT molecular complexity index is 611. The summed E-state index contributed by atoms with van der Waals surface area (Å²) in [6, 6.07) is 7.50. The maximum absolute atomic E-state index is 11.9. The Kier molecular flexibility index (Phi) is 4.68. The highest BCUT2D eigenvalue weighted by Gasteiger charge is 2.54. The summed E-state index contributed by atoms with van der Waals surface area (Å²) in [6.45, 7) is 3.65. The number of carboxylic acid groups (broad SMARTS) is 2. The highest BCUT2D eigenvalue weighted by Crippen LogP contribution is 2.55. The van der Waals surface area contributed by atoms with Crippen LogP contribution in [0.3, 0.4) is 0 Å². The van der Waals surface area contributed by atoms with Crippen molar-refractivity contribution in [3.8, 4) is 5.75 Å². The number of para-hydroxylation sites is 1. The third-order valence-corrected chi connectivity index (χ3v) is 5.52. The largest absolute Gasteiger partial charge is 0.496 e. The molecule has 0 bridgehead atoms. The summed E-state index contributed by atoms with van der Waals surface area (Å²) < 4.78 is 5.45. The molecule has 1 saturated carbocycles. The van der Waals surface area contributed by atoms with Crippen molar-refractivity contribution < 1.29 is 24.5 Å². The fourth-order valence-corrected chi connectivity index (χ4v) is 4.19. The first-order valence-corrected chi connectivity index (χ1v) is 7.84. The highest BCUT2D eigenvalue weighted by atomic mass is 16.5. The smallest absolute Gasteiger partial charge is 0.309 e. The van der Waals surface area contributed by atoms with E-state index in [-0.39, 0.29) is 6.42 Å². The molecular weight excluding hydrogens is 296 g/mol. The zero-order chi connectivity index (χ0) is 17.3. The van der Waals surface area contributed by atoms with E-state index >= 15 is 0 Å². The molecule has 0 amide bonds. The van der Waals surface area contributed by atoms with Crippen LogP contribution in [0, 0.1) is 11.3 Å². The van der Waals surface area contributed by atoms with Crippen LogP contribution >= 0.6 is 0 Å². The van der Waals surface area contributed by atoms with Crippen LogP contribution in [-0.4, -0.2) is 29.3 Å². The van der Waals surface area contributed by atoms with Gasteiger partial charge in [-0.3, -0.25) is 9.59 Å². The molecule has 23 heavy (non-hydrogen) atoms. The molecule has 2 N–H and O–H groups in total. The molecule has 5 nitrogen and oxygen atoms in total. The number of carboxylic acids is 2. The number of ether oxygens (including phenoxy) is 1. The second-order valence-electron chi connectivity index (χ2n) is 6.84. The number of rotatable bonds is 5. The second-order valence-corrected chi connectivity index (χ2v) is 6.84. The average molecular weight is 320 g/mol. The predicted molar refractivity (Wildman–Crippen MR) is 85.7 cm³/mol. The van der Waals surface area contributed by atoms with Gasteiger partial charge in [-0.15, -0.1) is 0 Å². The molecule has 1 aliphatic rings. The topological polar surface area (TPSA) is 83.8 Å². The Morgan fingerprint density at radius 1 is 1.22 bits per heavy atom. The van der Waals surface area contributed by atoms with Crippen molar-refractivity contribution in [2.45, 2.75) is 44.9 Å². The Morgan fingerprint density at radius 2 is 1.87 bits per heavy atom. The minimum absolute atomic E-state index is 0.169. The van der Waals surface area contributed by atoms with Crippen molar-refractivity contribution in [1.29, 1.82) is 0 Å². The van der Waals surface area contributed by atoms with Gasteiger partial charge >= 0.3 is 11.9 Å². The van der Waals surface area contributed by atoms with Gasteiger partial charge in [0.15, 0.2) is 0 Å². The van der Waals surface area contributed by atoms with Crippen LogP contribution in [0.15, 0.2) is 24.3 Å². The summed E-state index contributed by atoms with van der Waals surface area (Å²) in [5, 5.41) is 19.1. The molecule has 1 aromatic rings. The van der Waals surface area contributed by atoms with Crippen molar-refractivity contribution in [2.75, 3.05) is 7.11 Å². The minimum Gasteiger partial charge on any atom is -0.496 e. The van der Waals surface area contributed by atoms with E-state index in [1.807, 2.05) is 31.2 Å². The molecule has 0 spiro atoms. The van der Waals surface area contributed by atoms with Crippen LogP contribution in [-0.2, 0) is 15.0 Å². The van der Waals surface area contributed by atoms with E-state index in [9.17, 15) is 19.8 Å². The maximum Gasteiger partial charge on any atom is 0.309 e. The molecule has 1 aromatic carbocycles. The van der Waals surface area contributed by atoms with Crippen molar-refractivity contribution in [3.63, 3.8) is 0 Å². The summed E-state index contributed by atoms with van der Waals surface area (Å²) in [4.78, 5) is 23.3. The molecule has 0 heterocycles. The maximum atomic E-state index is 11.9. The van der Waals surface area contributed by atoms with Gasteiger partial charge in [-0.05, 0) is 31.7 Å². The second kappa shape index (κ2) is 6.22. The minimum atomic E-state index is -1.06. The zero-order valence-electron chi connectivity index (χ0n) is 13.8. The first kappa shape index (κ1) is 17.3. The van der Waals surface area contributed by atoms with E-state index in [2.05, 4.69) is 0 Å². The number of hydrogen-bond acceptors (Lipinski definition) is 3. The fraction of sp³-hybridized carbons (Fsp3) is 0.556. The first-order valence-electron chi connectivity index (χ1n) is 7.84. The molecule has 0 unspecified atom stereocenters. The van der Waals surface area contributed by atoms with E-state index in [0.717, 1.165) is 18.4 Å². The SMILES string of the molecule is COc1ccccc1[C@]1(C)CCC[C@@](C)(C(=O)O)[C@H]1CC(=O)O. The number of hydrogen-bond donors (Lipinski definition) is 2. The molecule has 1 aliphatic carbocycles. The zero-order valence-corrected chi connectivity index (χ0v) is 13.8. The lowest BCUT2D eigenvalue weighted by atomic mass is 9.52. The summed E-state index contributed by atoms with van der Waals surface area (Å²) in [6.07, 6.45) is 1.81. The van der Waals surface area contributed by atoms with Gasteiger partial charge in [-0.25, -0.2) is 0 Å². The Labute approximate surface area is 136 Å². The first-order chi connectivity index (χ1) is 10.8. The molecule has 0 radical (unpaired) electrons. The number of methoxy groups -OCH3 is 1. The van der Waals surface area contributed by atoms with Crippen LogP contribution in [0.25, 0.3) is 0 Å². The summed E-state index contributed by atoms with van der Waals surface area (Å²) in [7, 11) is 1.58. The third kappa shape index (κ3) is 2.92. The average Bonchev–Trinajstić information content (AvgIpc) is 2.51. The standard InChI is InChI=1S/C18H24O5/c1-17(12-7-4-5-8-13(12)23-3)9-6-10-18(2,16(21)22)14(17)11-15(19)20/h4-5,7-8,14H,6,9-11H2,1-3H3,(H,19,20)(H,21,22)/t14-,17-,18+/m0/s1. The highest BCUT2D eigenvalue weighted by molar-refractivity contribution is 5.77. The number of aliphatic carboxylic acids is 2. The molecule has 0 aromatic heterocycles. The van der Waals surface area contributed by atoms with E-state index in [1.54, 1.807) is 14.0 Å². The lowest BCUT2D eigenvalue weighted by molar-refractivity contribution is -0.159. The quantitative estimate of drug-likeness (QED) is 0.869. The lowest BCUT2D eigenvalue weighted by Crippen LogP contribution is -2.51. The molecular formula is C18H24O5. The van der Waals surface area contributed by atoms with Crippen LogP contribution < -0.4 is 4.74 Å². The molecule has 5 heteroatoms. The molecule has 3 atom stereocenters. The molecule has 2 rings (SSSR count). The van der Waals surface area contributed by atoms with Gasteiger partial charge in [0.2, 0.25) is 0 Å². The Balaban J connectivity index is 2.60. The van der Waals surface area contributed by atoms with Crippen molar-refractivity contribution in [1.82, 2.24) is 0 Å². The monoisotopic (exact) mass is 320 g/mol. The van der Waals surface area contributed by atoms with Crippen molar-refractivity contribution in [3.05, 3.63) is 29.8 Å². The van der Waals surface area contributed by atoms with Gasteiger partial charge in [-0.2, -0.15) is 0 Å². The van der Waals surface area contributed by atoms with E-state index < -0.39 is 28.7 Å². The van der Waals surface area contributed by atoms with Gasteiger partial charge in [0.05, 0.1) is 18.9 Å². The Hall–Kier alpha value is -2.04. The summed E-state index contributed by atoms with van der Waals surface area (Å²) in [5.74, 6) is -1.72. The lowest BCUT2D eigenvalue weighted by Gasteiger charge is -2.50. The van der Waals surface area contributed by atoms with Crippen LogP contribution in [0.5, 0.6) is 5.75 Å². The van der Waals surface area contributed by atoms with Gasteiger partial charge in [0.25, 0.3) is 0 Å². The molecule has 0 saturated heterocycles. The van der Waals surface area contributed by atoms with E-state index in [4.69, 9.17) is 4.74 Å². The predicted octanol–water partition coefficient (Wildman–Crippen LogP) is 3.32. The van der Waals surface area contributed by atoms with E-state index in [1.165, 1.54) is 0 Å². The van der Waals surface area contributed by atoms with E-state index in [0.29, 0.717) is 12.2 Å². The summed E-state index contributed by atoms with van der Waals surface area (Å²) >= 11 is 0. The van der Waals surface area contributed by atoms with Crippen LogP contribution in [0.4, 0.5) is 0 Å².